The van der Waals surface area contributed by atoms with E-state index in [4.69, 9.17) is 17.1 Å². The maximum atomic E-state index is 10.7. The summed E-state index contributed by atoms with van der Waals surface area (Å²) in [6.07, 6.45) is 3.05. The van der Waals surface area contributed by atoms with Gasteiger partial charge in [0.05, 0.1) is 10.5 Å². The largest absolute Gasteiger partial charge is 0.278 e. The highest BCUT2D eigenvalue weighted by molar-refractivity contribution is 6.30. The Morgan fingerprint density at radius 3 is 3.00 bits per heavy atom. The Morgan fingerprint density at radius 1 is 1.62 bits per heavy atom. The Hall–Kier alpha value is -2.04. The molecule has 7 heteroatoms. The van der Waals surface area contributed by atoms with Crippen molar-refractivity contribution in [2.75, 3.05) is 6.54 Å². The maximum Gasteiger partial charge on any atom is 0.278 e. The van der Waals surface area contributed by atoms with Crippen molar-refractivity contribution in [1.29, 1.82) is 0 Å². The van der Waals surface area contributed by atoms with Crippen molar-refractivity contribution in [1.82, 2.24) is 0 Å². The van der Waals surface area contributed by atoms with Crippen molar-refractivity contribution >= 4 is 23.4 Å². The van der Waals surface area contributed by atoms with Crippen LogP contribution in [0.15, 0.2) is 29.4 Å². The fourth-order valence-corrected chi connectivity index (χ4v) is 1.25. The Labute approximate surface area is 95.9 Å². The van der Waals surface area contributed by atoms with Gasteiger partial charge in [0, 0.05) is 22.5 Å². The zero-order valence-electron chi connectivity index (χ0n) is 8.08. The van der Waals surface area contributed by atoms with E-state index >= 15 is 0 Å². The molecule has 0 bridgehead atoms. The van der Waals surface area contributed by atoms with Crippen molar-refractivity contribution in [2.45, 2.75) is 0 Å². The second-order valence-corrected chi connectivity index (χ2v) is 3.21. The minimum absolute atomic E-state index is 0.0790. The average molecular weight is 239 g/mol. The van der Waals surface area contributed by atoms with Crippen molar-refractivity contribution in [3.8, 4) is 0 Å². The summed E-state index contributed by atoms with van der Waals surface area (Å²) in [5, 5.41) is 14.3. The normalized spacial score (nSPS) is 10.1. The first-order valence-corrected chi connectivity index (χ1v) is 4.64. The van der Waals surface area contributed by atoms with E-state index in [0.717, 1.165) is 0 Å². The lowest BCUT2D eigenvalue weighted by Gasteiger charge is -1.97. The van der Waals surface area contributed by atoms with Gasteiger partial charge in [-0.2, -0.15) is 0 Å². The van der Waals surface area contributed by atoms with E-state index in [0.29, 0.717) is 10.6 Å². The summed E-state index contributed by atoms with van der Waals surface area (Å²) in [4.78, 5) is 12.7. The number of hydrogen-bond acceptors (Lipinski definition) is 3. The standard InChI is InChI=1S/C9H7ClN4O2/c10-8-4-3-7(2-1-5-12-13-11)9(6-8)14(15)16/h1-4,6H,5H2. The fraction of sp³-hybridized carbons (Fsp3) is 0.111. The van der Waals surface area contributed by atoms with Gasteiger partial charge in [-0.25, -0.2) is 0 Å². The van der Waals surface area contributed by atoms with Gasteiger partial charge in [-0.05, 0) is 17.7 Å². The number of benzene rings is 1. The summed E-state index contributed by atoms with van der Waals surface area (Å²) in [6.45, 7) is 0.149. The molecule has 0 unspecified atom stereocenters. The molecule has 1 rings (SSSR count). The van der Waals surface area contributed by atoms with Crippen molar-refractivity contribution in [3.05, 3.63) is 55.4 Å². The molecule has 0 aliphatic carbocycles. The molecule has 0 atom stereocenters. The minimum Gasteiger partial charge on any atom is -0.258 e. The topological polar surface area (TPSA) is 91.9 Å². The molecule has 0 fully saturated rings. The molecule has 0 aliphatic heterocycles. The third kappa shape index (κ3) is 3.27. The van der Waals surface area contributed by atoms with Crippen LogP contribution in [0.2, 0.25) is 5.02 Å². The van der Waals surface area contributed by atoms with Crippen LogP contribution in [0.4, 0.5) is 5.69 Å². The van der Waals surface area contributed by atoms with E-state index in [1.807, 2.05) is 0 Å². The predicted molar refractivity (Wildman–Crippen MR) is 61.2 cm³/mol. The first kappa shape index (κ1) is 12.0. The van der Waals surface area contributed by atoms with Crippen LogP contribution in [-0.4, -0.2) is 11.5 Å². The first-order valence-electron chi connectivity index (χ1n) is 4.26. The molecule has 82 valence electrons. The second-order valence-electron chi connectivity index (χ2n) is 2.78. The molecule has 0 aromatic heterocycles. The van der Waals surface area contributed by atoms with E-state index in [1.165, 1.54) is 24.3 Å². The lowest BCUT2D eigenvalue weighted by Crippen LogP contribution is -1.91. The number of azide groups is 1. The molecule has 0 N–H and O–H groups in total. The van der Waals surface area contributed by atoms with E-state index in [2.05, 4.69) is 10.0 Å². The third-order valence-corrected chi connectivity index (χ3v) is 1.97. The van der Waals surface area contributed by atoms with Crippen LogP contribution < -0.4 is 0 Å². The highest BCUT2D eigenvalue weighted by atomic mass is 35.5. The predicted octanol–water partition coefficient (Wildman–Crippen LogP) is 3.57. The molecule has 6 nitrogen and oxygen atoms in total. The van der Waals surface area contributed by atoms with Crippen molar-refractivity contribution in [2.24, 2.45) is 5.11 Å². The summed E-state index contributed by atoms with van der Waals surface area (Å²) < 4.78 is 0. The average Bonchev–Trinajstić information content (AvgIpc) is 2.26. The van der Waals surface area contributed by atoms with Crippen LogP contribution in [0.3, 0.4) is 0 Å². The Morgan fingerprint density at radius 2 is 2.38 bits per heavy atom. The molecule has 1 aromatic carbocycles. The van der Waals surface area contributed by atoms with Crippen LogP contribution in [0.5, 0.6) is 0 Å². The highest BCUT2D eigenvalue weighted by Crippen LogP contribution is 2.24. The molecule has 0 heterocycles. The van der Waals surface area contributed by atoms with Crippen molar-refractivity contribution in [3.63, 3.8) is 0 Å². The van der Waals surface area contributed by atoms with Crippen molar-refractivity contribution < 1.29 is 4.92 Å². The van der Waals surface area contributed by atoms with Gasteiger partial charge >= 0.3 is 0 Å². The van der Waals surface area contributed by atoms with Crippen LogP contribution in [0.1, 0.15) is 5.56 Å². The van der Waals surface area contributed by atoms with Crippen LogP contribution >= 0.6 is 11.6 Å². The van der Waals surface area contributed by atoms with E-state index in [1.54, 1.807) is 6.07 Å². The van der Waals surface area contributed by atoms with Crippen LogP contribution in [0, 0.1) is 10.1 Å². The van der Waals surface area contributed by atoms with Gasteiger partial charge in [0.25, 0.3) is 5.69 Å². The van der Waals surface area contributed by atoms with E-state index < -0.39 is 4.92 Å². The number of nitrogens with zero attached hydrogens (tertiary/aromatic N) is 4. The number of rotatable bonds is 4. The Bertz CT molecular complexity index is 480. The van der Waals surface area contributed by atoms with Gasteiger partial charge in [-0.1, -0.05) is 28.9 Å². The maximum absolute atomic E-state index is 10.7. The number of hydrogen-bond donors (Lipinski definition) is 0. The quantitative estimate of drug-likeness (QED) is 0.264. The third-order valence-electron chi connectivity index (χ3n) is 1.74. The molecule has 0 aliphatic rings. The van der Waals surface area contributed by atoms with E-state index in [-0.39, 0.29) is 12.2 Å². The second kappa shape index (κ2) is 5.75. The smallest absolute Gasteiger partial charge is 0.258 e. The van der Waals surface area contributed by atoms with Gasteiger partial charge in [-0.3, -0.25) is 10.1 Å². The molecule has 16 heavy (non-hydrogen) atoms. The van der Waals surface area contributed by atoms with Crippen LogP contribution in [-0.2, 0) is 0 Å². The summed E-state index contributed by atoms with van der Waals surface area (Å²) in [6, 6.07) is 4.36. The van der Waals surface area contributed by atoms with Gasteiger partial charge in [0.1, 0.15) is 0 Å². The molecule has 0 radical (unpaired) electrons. The summed E-state index contributed by atoms with van der Waals surface area (Å²) in [5.74, 6) is 0. The number of halogens is 1. The SMILES string of the molecule is [N-]=[N+]=NCC=Cc1ccc(Cl)cc1[N+](=O)[O-]. The molecular formula is C9H7ClN4O2. The Kier molecular flexibility index (Phi) is 4.32. The molecule has 0 spiro atoms. The summed E-state index contributed by atoms with van der Waals surface area (Å²) in [7, 11) is 0. The zero-order chi connectivity index (χ0) is 12.0. The fourth-order valence-electron chi connectivity index (χ4n) is 1.08. The number of nitro benzene ring substituents is 1. The first-order chi connectivity index (χ1) is 7.65. The molecule has 0 amide bonds. The van der Waals surface area contributed by atoms with Crippen LogP contribution in [0.25, 0.3) is 16.5 Å². The molecule has 1 aromatic rings. The lowest BCUT2D eigenvalue weighted by molar-refractivity contribution is -0.385. The Balaban J connectivity index is 2.99. The summed E-state index contributed by atoms with van der Waals surface area (Å²) in [5.41, 5.74) is 8.38. The molecule has 0 saturated carbocycles. The van der Waals surface area contributed by atoms with Gasteiger partial charge < -0.3 is 0 Å². The highest BCUT2D eigenvalue weighted by Gasteiger charge is 2.11. The number of nitro groups is 1. The van der Waals surface area contributed by atoms with Gasteiger partial charge in [-0.15, -0.1) is 0 Å². The molecule has 0 saturated heterocycles. The van der Waals surface area contributed by atoms with Gasteiger partial charge in [0.2, 0.25) is 0 Å². The molecular weight excluding hydrogens is 232 g/mol. The van der Waals surface area contributed by atoms with E-state index in [9.17, 15) is 10.1 Å². The van der Waals surface area contributed by atoms with Gasteiger partial charge in [0.15, 0.2) is 0 Å². The lowest BCUT2D eigenvalue weighted by atomic mass is 10.1. The summed E-state index contributed by atoms with van der Waals surface area (Å²) >= 11 is 5.65. The zero-order valence-corrected chi connectivity index (χ0v) is 8.83. The monoisotopic (exact) mass is 238 g/mol. The minimum atomic E-state index is -0.515.